The average molecular weight is 291 g/mol. The summed E-state index contributed by atoms with van der Waals surface area (Å²) < 4.78 is 0. The van der Waals surface area contributed by atoms with E-state index in [1.54, 1.807) is 23.5 Å². The van der Waals surface area contributed by atoms with Gasteiger partial charge in [-0.3, -0.25) is 10.1 Å². The fourth-order valence-electron chi connectivity index (χ4n) is 1.71. The number of hydrogen-bond acceptors (Lipinski definition) is 5. The third-order valence-corrected chi connectivity index (χ3v) is 3.68. The van der Waals surface area contributed by atoms with Gasteiger partial charge in [0.1, 0.15) is 0 Å². The van der Waals surface area contributed by atoms with Gasteiger partial charge in [-0.25, -0.2) is 4.98 Å². The van der Waals surface area contributed by atoms with Gasteiger partial charge in [0.05, 0.1) is 10.6 Å². The molecule has 2 aromatic rings. The molecular formula is C14H17N3O2S. The summed E-state index contributed by atoms with van der Waals surface area (Å²) in [5.41, 5.74) is 1.83. The van der Waals surface area contributed by atoms with E-state index in [1.165, 1.54) is 12.1 Å². The molecule has 0 amide bonds. The van der Waals surface area contributed by atoms with Crippen LogP contribution in [0.2, 0.25) is 0 Å². The number of thiazole rings is 1. The maximum atomic E-state index is 10.6. The van der Waals surface area contributed by atoms with E-state index < -0.39 is 4.92 Å². The molecule has 1 aromatic heterocycles. The average Bonchev–Trinajstić information content (AvgIpc) is 2.87. The Hall–Kier alpha value is -1.95. The molecule has 0 fully saturated rings. The lowest BCUT2D eigenvalue weighted by atomic mass is 10.1. The van der Waals surface area contributed by atoms with Crippen LogP contribution in [0.4, 0.5) is 10.8 Å². The van der Waals surface area contributed by atoms with Crippen LogP contribution in [0.3, 0.4) is 0 Å². The highest BCUT2D eigenvalue weighted by atomic mass is 32.1. The van der Waals surface area contributed by atoms with Crippen molar-refractivity contribution < 1.29 is 4.92 Å². The molecule has 0 aliphatic rings. The minimum absolute atomic E-state index is 0.0965. The van der Waals surface area contributed by atoms with Gasteiger partial charge in [0.15, 0.2) is 5.13 Å². The molecule has 0 saturated heterocycles. The first kappa shape index (κ1) is 14.5. The number of non-ortho nitro benzene ring substituents is 1. The summed E-state index contributed by atoms with van der Waals surface area (Å²) in [5, 5.41) is 16.7. The first-order chi connectivity index (χ1) is 9.56. The Morgan fingerprint density at radius 3 is 2.65 bits per heavy atom. The first-order valence-electron chi connectivity index (χ1n) is 6.50. The second-order valence-electron chi connectivity index (χ2n) is 4.95. The molecule has 106 valence electrons. The normalized spacial score (nSPS) is 10.8. The number of benzene rings is 1. The number of nitro groups is 1. The van der Waals surface area contributed by atoms with E-state index in [0.29, 0.717) is 5.92 Å². The van der Waals surface area contributed by atoms with Crippen LogP contribution in [0.15, 0.2) is 29.6 Å². The van der Waals surface area contributed by atoms with E-state index in [2.05, 4.69) is 24.1 Å². The fraction of sp³-hybridized carbons (Fsp3) is 0.357. The lowest BCUT2D eigenvalue weighted by Crippen LogP contribution is -2.04. The Morgan fingerprint density at radius 2 is 2.05 bits per heavy atom. The molecule has 0 spiro atoms. The number of anilines is 1. The van der Waals surface area contributed by atoms with Gasteiger partial charge < -0.3 is 5.32 Å². The zero-order valence-electron chi connectivity index (χ0n) is 11.5. The molecule has 0 saturated carbocycles. The van der Waals surface area contributed by atoms with Crippen LogP contribution in [0.5, 0.6) is 0 Å². The monoisotopic (exact) mass is 291 g/mol. The Labute approximate surface area is 121 Å². The topological polar surface area (TPSA) is 68.1 Å². The van der Waals surface area contributed by atoms with E-state index in [0.717, 1.165) is 29.4 Å². The molecule has 1 N–H and O–H groups in total. The number of nitrogens with zero attached hydrogens (tertiary/aromatic N) is 2. The van der Waals surface area contributed by atoms with Gasteiger partial charge in [0, 0.05) is 29.6 Å². The van der Waals surface area contributed by atoms with Crippen molar-refractivity contribution in [3.63, 3.8) is 0 Å². The van der Waals surface area contributed by atoms with Gasteiger partial charge in [0.25, 0.3) is 5.69 Å². The van der Waals surface area contributed by atoms with Gasteiger partial charge in [-0.1, -0.05) is 13.8 Å². The number of nitro benzene ring substituents is 1. The Kier molecular flexibility index (Phi) is 4.68. The van der Waals surface area contributed by atoms with Gasteiger partial charge in [-0.15, -0.1) is 11.3 Å². The summed E-state index contributed by atoms with van der Waals surface area (Å²) in [7, 11) is 0. The van der Waals surface area contributed by atoms with Crippen LogP contribution < -0.4 is 5.32 Å². The molecule has 20 heavy (non-hydrogen) atoms. The fourth-order valence-corrected chi connectivity index (χ4v) is 2.46. The molecule has 5 nitrogen and oxygen atoms in total. The largest absolute Gasteiger partial charge is 0.361 e. The second-order valence-corrected chi connectivity index (χ2v) is 5.81. The molecular weight excluding hydrogens is 274 g/mol. The Bertz CT molecular complexity index is 578. The second kappa shape index (κ2) is 6.47. The molecule has 0 aliphatic carbocycles. The van der Waals surface area contributed by atoms with Crippen molar-refractivity contribution in [2.45, 2.75) is 20.3 Å². The maximum absolute atomic E-state index is 10.6. The molecule has 0 bridgehead atoms. The number of rotatable bonds is 6. The maximum Gasteiger partial charge on any atom is 0.269 e. The van der Waals surface area contributed by atoms with Crippen LogP contribution in [-0.2, 0) is 0 Å². The van der Waals surface area contributed by atoms with Crippen molar-refractivity contribution in [2.24, 2.45) is 5.92 Å². The van der Waals surface area contributed by atoms with Gasteiger partial charge in [-0.05, 0) is 24.5 Å². The quantitative estimate of drug-likeness (QED) is 0.640. The SMILES string of the molecule is CC(C)CCNc1nc(-c2ccc([N+](=O)[O-])cc2)cs1. The minimum Gasteiger partial charge on any atom is -0.361 e. The molecule has 1 aromatic carbocycles. The molecule has 0 aliphatic heterocycles. The smallest absolute Gasteiger partial charge is 0.269 e. The molecule has 6 heteroatoms. The van der Waals surface area contributed by atoms with Crippen molar-refractivity contribution in [3.8, 4) is 11.3 Å². The third-order valence-electron chi connectivity index (χ3n) is 2.88. The molecule has 0 unspecified atom stereocenters. The summed E-state index contributed by atoms with van der Waals surface area (Å²) in [4.78, 5) is 14.7. The molecule has 1 heterocycles. The van der Waals surface area contributed by atoms with Crippen molar-refractivity contribution in [1.82, 2.24) is 4.98 Å². The van der Waals surface area contributed by atoms with E-state index in [9.17, 15) is 10.1 Å². The summed E-state index contributed by atoms with van der Waals surface area (Å²) in [6, 6.07) is 6.46. The van der Waals surface area contributed by atoms with Crippen LogP contribution in [-0.4, -0.2) is 16.5 Å². The van der Waals surface area contributed by atoms with Crippen molar-refractivity contribution in [2.75, 3.05) is 11.9 Å². The predicted molar refractivity (Wildman–Crippen MR) is 82.1 cm³/mol. The van der Waals surface area contributed by atoms with E-state index in [-0.39, 0.29) is 5.69 Å². The first-order valence-corrected chi connectivity index (χ1v) is 7.38. The van der Waals surface area contributed by atoms with Crippen molar-refractivity contribution in [1.29, 1.82) is 0 Å². The highest BCUT2D eigenvalue weighted by Gasteiger charge is 2.08. The van der Waals surface area contributed by atoms with Crippen LogP contribution >= 0.6 is 11.3 Å². The van der Waals surface area contributed by atoms with E-state index in [4.69, 9.17) is 0 Å². The molecule has 0 radical (unpaired) electrons. The van der Waals surface area contributed by atoms with Gasteiger partial charge >= 0.3 is 0 Å². The lowest BCUT2D eigenvalue weighted by Gasteiger charge is -2.04. The van der Waals surface area contributed by atoms with Crippen LogP contribution in [0.1, 0.15) is 20.3 Å². The number of hydrogen-bond donors (Lipinski definition) is 1. The van der Waals surface area contributed by atoms with Crippen LogP contribution in [0, 0.1) is 16.0 Å². The van der Waals surface area contributed by atoms with Crippen LogP contribution in [0.25, 0.3) is 11.3 Å². The van der Waals surface area contributed by atoms with E-state index >= 15 is 0 Å². The summed E-state index contributed by atoms with van der Waals surface area (Å²) in [5.74, 6) is 0.664. The number of aromatic nitrogens is 1. The standard InChI is InChI=1S/C14H17N3O2S/c1-10(2)7-8-15-14-16-13(9-20-14)11-3-5-12(6-4-11)17(18)19/h3-6,9-10H,7-8H2,1-2H3,(H,15,16). The highest BCUT2D eigenvalue weighted by molar-refractivity contribution is 7.14. The van der Waals surface area contributed by atoms with E-state index in [1.807, 2.05) is 5.38 Å². The van der Waals surface area contributed by atoms with Crippen molar-refractivity contribution in [3.05, 3.63) is 39.8 Å². The summed E-state index contributed by atoms with van der Waals surface area (Å²) in [6.45, 7) is 5.28. The zero-order chi connectivity index (χ0) is 14.5. The van der Waals surface area contributed by atoms with Gasteiger partial charge in [-0.2, -0.15) is 0 Å². The highest BCUT2D eigenvalue weighted by Crippen LogP contribution is 2.26. The van der Waals surface area contributed by atoms with Crippen molar-refractivity contribution >= 4 is 22.2 Å². The summed E-state index contributed by atoms with van der Waals surface area (Å²) in [6.07, 6.45) is 1.10. The third kappa shape index (κ3) is 3.77. The minimum atomic E-state index is -0.399. The Morgan fingerprint density at radius 1 is 1.35 bits per heavy atom. The molecule has 0 atom stereocenters. The number of nitrogens with one attached hydrogen (secondary N) is 1. The lowest BCUT2D eigenvalue weighted by molar-refractivity contribution is -0.384. The zero-order valence-corrected chi connectivity index (χ0v) is 12.3. The predicted octanol–water partition coefficient (Wildman–Crippen LogP) is 4.18. The molecule has 2 rings (SSSR count). The summed E-state index contributed by atoms with van der Waals surface area (Å²) >= 11 is 1.55. The van der Waals surface area contributed by atoms with Gasteiger partial charge in [0.2, 0.25) is 0 Å². The Balaban J connectivity index is 2.02.